The number of ketones is 1. The second-order valence-corrected chi connectivity index (χ2v) is 5.77. The number of aliphatic hydroxyl groups excluding tert-OH is 1. The number of H-pyrrole nitrogens is 1. The van der Waals surface area contributed by atoms with Crippen LogP contribution in [0.5, 0.6) is 0 Å². The van der Waals surface area contributed by atoms with Crippen molar-refractivity contribution in [2.24, 2.45) is 5.92 Å². The van der Waals surface area contributed by atoms with Gasteiger partial charge in [-0.1, -0.05) is 0 Å². The van der Waals surface area contributed by atoms with Gasteiger partial charge in [-0.05, 0) is 34.6 Å². The molecule has 0 aromatic carbocycles. The van der Waals surface area contributed by atoms with Gasteiger partial charge in [0.05, 0.1) is 22.6 Å². The van der Waals surface area contributed by atoms with Crippen molar-refractivity contribution in [3.8, 4) is 0 Å². The minimum absolute atomic E-state index is 0.0141. The first-order valence-corrected chi connectivity index (χ1v) is 5.96. The largest absolute Gasteiger partial charge is 0.511 e. The summed E-state index contributed by atoms with van der Waals surface area (Å²) in [5.41, 5.74) is 0.419. The summed E-state index contributed by atoms with van der Waals surface area (Å²) in [6, 6.07) is 0. The van der Waals surface area contributed by atoms with Crippen molar-refractivity contribution >= 4 is 11.4 Å². The number of allylic oxidation sites excluding steroid dienone is 2. The summed E-state index contributed by atoms with van der Waals surface area (Å²) in [7, 11) is 0. The number of aliphatic hydroxyl groups is 1. The molecule has 1 atom stereocenters. The van der Waals surface area contributed by atoms with E-state index in [0.717, 1.165) is 0 Å². The molecular weight excluding hydrogens is 232 g/mol. The Kier molecular flexibility index (Phi) is 2.54. The van der Waals surface area contributed by atoms with Gasteiger partial charge in [0.15, 0.2) is 5.78 Å². The fourth-order valence-electron chi connectivity index (χ4n) is 2.17. The van der Waals surface area contributed by atoms with Crippen LogP contribution in [0.4, 0.5) is 0 Å². The summed E-state index contributed by atoms with van der Waals surface area (Å²) in [6.07, 6.45) is 0. The van der Waals surface area contributed by atoms with Crippen LogP contribution in [-0.2, 0) is 10.3 Å². The number of aromatic nitrogens is 2. The zero-order valence-corrected chi connectivity index (χ0v) is 11.3. The van der Waals surface area contributed by atoms with Crippen molar-refractivity contribution in [2.45, 2.75) is 40.2 Å². The van der Waals surface area contributed by atoms with Gasteiger partial charge in [-0.25, -0.2) is 4.68 Å². The molecule has 0 amide bonds. The SMILES string of the molecule is Cc1[nH]n(C(C)(C)C)c(=O)c1C1=C(O)C(C)C1=O. The van der Waals surface area contributed by atoms with E-state index in [1.165, 1.54) is 4.68 Å². The normalized spacial score (nSPS) is 20.3. The lowest BCUT2D eigenvalue weighted by Gasteiger charge is -2.23. The third kappa shape index (κ3) is 1.54. The Morgan fingerprint density at radius 1 is 1.28 bits per heavy atom. The summed E-state index contributed by atoms with van der Waals surface area (Å²) >= 11 is 0. The molecule has 1 unspecified atom stereocenters. The predicted octanol–water partition coefficient (Wildman–Crippen LogP) is 1.73. The maximum atomic E-state index is 12.3. The van der Waals surface area contributed by atoms with Crippen molar-refractivity contribution in [1.29, 1.82) is 0 Å². The highest BCUT2D eigenvalue weighted by molar-refractivity contribution is 6.29. The van der Waals surface area contributed by atoms with Crippen molar-refractivity contribution < 1.29 is 9.90 Å². The molecule has 0 radical (unpaired) electrons. The first-order chi connectivity index (χ1) is 8.16. The number of carbonyl (C=O) groups is 1. The van der Waals surface area contributed by atoms with E-state index >= 15 is 0 Å². The molecule has 0 saturated carbocycles. The molecule has 1 aromatic rings. The van der Waals surface area contributed by atoms with Crippen LogP contribution in [-0.4, -0.2) is 20.7 Å². The molecule has 0 fully saturated rings. The molecule has 0 saturated heterocycles. The number of nitrogens with one attached hydrogen (secondary N) is 1. The minimum Gasteiger partial charge on any atom is -0.511 e. The molecule has 1 aliphatic carbocycles. The molecule has 1 aromatic heterocycles. The number of nitrogens with zero attached hydrogens (tertiary/aromatic N) is 1. The molecule has 98 valence electrons. The van der Waals surface area contributed by atoms with Gasteiger partial charge in [0.25, 0.3) is 5.56 Å². The van der Waals surface area contributed by atoms with Gasteiger partial charge < -0.3 is 5.11 Å². The number of rotatable bonds is 1. The van der Waals surface area contributed by atoms with E-state index in [9.17, 15) is 14.7 Å². The van der Waals surface area contributed by atoms with E-state index < -0.39 is 11.5 Å². The highest BCUT2D eigenvalue weighted by Gasteiger charge is 2.40. The van der Waals surface area contributed by atoms with E-state index in [4.69, 9.17) is 0 Å². The molecule has 1 aliphatic rings. The van der Waals surface area contributed by atoms with Gasteiger partial charge in [-0.3, -0.25) is 14.7 Å². The molecule has 18 heavy (non-hydrogen) atoms. The standard InChI is InChI=1S/C13H18N2O3/c1-6-10(16)9(11(6)17)8-7(2)14-15(12(8)18)13(3,4)5/h6,14,16H,1-5H3. The Morgan fingerprint density at radius 3 is 2.22 bits per heavy atom. The van der Waals surface area contributed by atoms with Crippen molar-refractivity contribution in [1.82, 2.24) is 9.78 Å². The van der Waals surface area contributed by atoms with Gasteiger partial charge in [0, 0.05) is 5.69 Å². The van der Waals surface area contributed by atoms with Crippen molar-refractivity contribution in [2.75, 3.05) is 0 Å². The topological polar surface area (TPSA) is 75.1 Å². The Balaban J connectivity index is 2.67. The third-order valence-corrected chi connectivity index (χ3v) is 3.30. The summed E-state index contributed by atoms with van der Waals surface area (Å²) in [6.45, 7) is 9.05. The van der Waals surface area contributed by atoms with E-state index in [-0.39, 0.29) is 22.7 Å². The van der Waals surface area contributed by atoms with Gasteiger partial charge in [-0.2, -0.15) is 0 Å². The van der Waals surface area contributed by atoms with Gasteiger partial charge in [0.2, 0.25) is 0 Å². The lowest BCUT2D eigenvalue weighted by atomic mass is 9.80. The summed E-state index contributed by atoms with van der Waals surface area (Å²) in [5.74, 6) is -0.648. The Bertz CT molecular complexity index is 611. The zero-order chi connectivity index (χ0) is 13.8. The average Bonchev–Trinajstić information content (AvgIpc) is 2.56. The molecule has 5 nitrogen and oxygen atoms in total. The molecule has 1 heterocycles. The zero-order valence-electron chi connectivity index (χ0n) is 11.3. The first-order valence-electron chi connectivity index (χ1n) is 5.96. The second kappa shape index (κ2) is 3.60. The first kappa shape index (κ1) is 12.7. The highest BCUT2D eigenvalue weighted by atomic mass is 16.3. The van der Waals surface area contributed by atoms with Crippen LogP contribution in [0.15, 0.2) is 10.6 Å². The Morgan fingerprint density at radius 2 is 1.83 bits per heavy atom. The number of aromatic amines is 1. The Labute approximate surface area is 105 Å². The number of aryl methyl sites for hydroxylation is 1. The number of carbonyl (C=O) groups excluding carboxylic acids is 1. The van der Waals surface area contributed by atoms with Crippen LogP contribution in [0.3, 0.4) is 0 Å². The lowest BCUT2D eigenvalue weighted by Crippen LogP contribution is -2.35. The quantitative estimate of drug-likeness (QED) is 0.797. The fourth-order valence-corrected chi connectivity index (χ4v) is 2.17. The lowest BCUT2D eigenvalue weighted by molar-refractivity contribution is -0.118. The van der Waals surface area contributed by atoms with Crippen LogP contribution < -0.4 is 5.56 Å². The molecule has 0 aliphatic heterocycles. The van der Waals surface area contributed by atoms with Gasteiger partial charge in [-0.15, -0.1) is 0 Å². The van der Waals surface area contributed by atoms with Crippen LogP contribution in [0.25, 0.3) is 5.57 Å². The number of hydrogen-bond donors (Lipinski definition) is 2. The van der Waals surface area contributed by atoms with Crippen LogP contribution in [0.1, 0.15) is 39.0 Å². The number of hydrogen-bond acceptors (Lipinski definition) is 3. The third-order valence-electron chi connectivity index (χ3n) is 3.30. The smallest absolute Gasteiger partial charge is 0.275 e. The number of Topliss-reactive ketones (excluding diaryl/α,β-unsaturated/α-hetero) is 1. The second-order valence-electron chi connectivity index (χ2n) is 5.77. The van der Waals surface area contributed by atoms with Gasteiger partial charge in [0.1, 0.15) is 5.76 Å². The molecule has 0 spiro atoms. The van der Waals surface area contributed by atoms with E-state index in [1.807, 2.05) is 20.8 Å². The van der Waals surface area contributed by atoms with Crippen LogP contribution >= 0.6 is 0 Å². The molecule has 0 bridgehead atoms. The molecular formula is C13H18N2O3. The predicted molar refractivity (Wildman–Crippen MR) is 68.5 cm³/mol. The summed E-state index contributed by atoms with van der Waals surface area (Å²) in [5, 5.41) is 12.7. The van der Waals surface area contributed by atoms with E-state index in [2.05, 4.69) is 5.10 Å². The maximum absolute atomic E-state index is 12.3. The summed E-state index contributed by atoms with van der Waals surface area (Å²) in [4.78, 5) is 24.1. The van der Waals surface area contributed by atoms with Gasteiger partial charge >= 0.3 is 0 Å². The van der Waals surface area contributed by atoms with E-state index in [0.29, 0.717) is 11.3 Å². The van der Waals surface area contributed by atoms with Crippen molar-refractivity contribution in [3.63, 3.8) is 0 Å². The molecule has 2 rings (SSSR count). The highest BCUT2D eigenvalue weighted by Crippen LogP contribution is 2.35. The maximum Gasteiger partial charge on any atom is 0.275 e. The van der Waals surface area contributed by atoms with Crippen LogP contribution in [0.2, 0.25) is 0 Å². The fraction of sp³-hybridized carbons (Fsp3) is 0.538. The van der Waals surface area contributed by atoms with E-state index in [1.54, 1.807) is 13.8 Å². The molecule has 2 N–H and O–H groups in total. The Hall–Kier alpha value is -1.78. The van der Waals surface area contributed by atoms with Crippen LogP contribution in [0, 0.1) is 12.8 Å². The summed E-state index contributed by atoms with van der Waals surface area (Å²) < 4.78 is 1.48. The van der Waals surface area contributed by atoms with Crippen molar-refractivity contribution in [3.05, 3.63) is 27.4 Å². The average molecular weight is 250 g/mol. The monoisotopic (exact) mass is 250 g/mol. The molecule has 5 heteroatoms. The minimum atomic E-state index is -0.489.